The van der Waals surface area contributed by atoms with E-state index in [-0.39, 0.29) is 5.91 Å². The van der Waals surface area contributed by atoms with Crippen molar-refractivity contribution in [3.05, 3.63) is 53.0 Å². The molecule has 1 aliphatic heterocycles. The standard InChI is InChI=1S/C16H16N6OS/c23-16(13-4-11-24-12-13)21-9-7-20(8-10-21)14-2-3-15(19-18-14)22-6-1-5-17-22/h1-6,11-12H,7-10H2. The van der Waals surface area contributed by atoms with Crippen molar-refractivity contribution in [3.63, 3.8) is 0 Å². The first-order valence-electron chi connectivity index (χ1n) is 7.71. The molecule has 122 valence electrons. The molecule has 0 spiro atoms. The van der Waals surface area contributed by atoms with Crippen molar-refractivity contribution < 1.29 is 4.79 Å². The van der Waals surface area contributed by atoms with Gasteiger partial charge in [0.2, 0.25) is 0 Å². The molecule has 3 aromatic heterocycles. The lowest BCUT2D eigenvalue weighted by atomic mass is 10.2. The molecule has 3 aromatic rings. The third kappa shape index (κ3) is 2.88. The summed E-state index contributed by atoms with van der Waals surface area (Å²) in [5.74, 6) is 1.62. The molecule has 0 aliphatic carbocycles. The topological polar surface area (TPSA) is 67.2 Å². The van der Waals surface area contributed by atoms with Crippen molar-refractivity contribution in [2.45, 2.75) is 0 Å². The van der Waals surface area contributed by atoms with Crippen molar-refractivity contribution in [2.24, 2.45) is 0 Å². The van der Waals surface area contributed by atoms with Crippen molar-refractivity contribution in [3.8, 4) is 5.82 Å². The van der Waals surface area contributed by atoms with Gasteiger partial charge in [0.15, 0.2) is 11.6 Å². The summed E-state index contributed by atoms with van der Waals surface area (Å²) in [6.07, 6.45) is 3.54. The highest BCUT2D eigenvalue weighted by molar-refractivity contribution is 7.08. The van der Waals surface area contributed by atoms with E-state index in [2.05, 4.69) is 20.2 Å². The number of amides is 1. The largest absolute Gasteiger partial charge is 0.352 e. The van der Waals surface area contributed by atoms with Crippen molar-refractivity contribution >= 4 is 23.1 Å². The summed E-state index contributed by atoms with van der Waals surface area (Å²) in [4.78, 5) is 16.4. The fourth-order valence-corrected chi connectivity index (χ4v) is 3.35. The van der Waals surface area contributed by atoms with Crippen LogP contribution in [0.4, 0.5) is 5.82 Å². The molecule has 4 heterocycles. The number of thiophene rings is 1. The molecule has 8 heteroatoms. The molecule has 1 fully saturated rings. The summed E-state index contributed by atoms with van der Waals surface area (Å²) in [5, 5.41) is 16.5. The molecule has 0 bridgehead atoms. The van der Waals surface area contributed by atoms with Crippen LogP contribution < -0.4 is 4.90 Å². The van der Waals surface area contributed by atoms with E-state index in [1.165, 1.54) is 0 Å². The second kappa shape index (κ2) is 6.40. The Morgan fingerprint density at radius 3 is 2.46 bits per heavy atom. The first-order chi connectivity index (χ1) is 11.8. The highest BCUT2D eigenvalue weighted by atomic mass is 32.1. The number of carbonyl (C=O) groups is 1. The maximum atomic E-state index is 12.4. The molecule has 0 saturated carbocycles. The normalized spacial score (nSPS) is 14.8. The Kier molecular flexibility index (Phi) is 3.96. The molecular formula is C16H16N6OS. The fourth-order valence-electron chi connectivity index (χ4n) is 2.72. The Bertz CT molecular complexity index is 792. The van der Waals surface area contributed by atoms with E-state index in [9.17, 15) is 4.79 Å². The number of nitrogens with zero attached hydrogens (tertiary/aromatic N) is 6. The lowest BCUT2D eigenvalue weighted by Gasteiger charge is -2.35. The maximum Gasteiger partial charge on any atom is 0.254 e. The smallest absolute Gasteiger partial charge is 0.254 e. The van der Waals surface area contributed by atoms with Crippen molar-refractivity contribution in [2.75, 3.05) is 31.1 Å². The van der Waals surface area contributed by atoms with E-state index in [1.54, 1.807) is 22.2 Å². The first-order valence-corrected chi connectivity index (χ1v) is 8.66. The second-order valence-electron chi connectivity index (χ2n) is 5.49. The van der Waals surface area contributed by atoms with Gasteiger partial charge < -0.3 is 9.80 Å². The predicted molar refractivity (Wildman–Crippen MR) is 91.6 cm³/mol. The molecule has 0 aromatic carbocycles. The number of rotatable bonds is 3. The Labute approximate surface area is 143 Å². The Morgan fingerprint density at radius 1 is 1.04 bits per heavy atom. The van der Waals surface area contributed by atoms with E-state index in [4.69, 9.17) is 0 Å². The summed E-state index contributed by atoms with van der Waals surface area (Å²) >= 11 is 1.55. The summed E-state index contributed by atoms with van der Waals surface area (Å²) in [6.45, 7) is 2.89. The van der Waals surface area contributed by atoms with Crippen LogP contribution in [0.1, 0.15) is 10.4 Å². The number of hydrogen-bond acceptors (Lipinski definition) is 6. The number of hydrogen-bond donors (Lipinski definition) is 0. The van der Waals surface area contributed by atoms with Gasteiger partial charge in [0, 0.05) is 44.0 Å². The van der Waals surface area contributed by atoms with Crippen LogP contribution in [0.3, 0.4) is 0 Å². The minimum atomic E-state index is 0.107. The van der Waals surface area contributed by atoms with Gasteiger partial charge in [-0.25, -0.2) is 4.68 Å². The summed E-state index contributed by atoms with van der Waals surface area (Å²) < 4.78 is 1.67. The number of carbonyl (C=O) groups excluding carboxylic acids is 1. The number of piperazine rings is 1. The molecule has 1 amide bonds. The zero-order chi connectivity index (χ0) is 16.4. The van der Waals surface area contributed by atoms with E-state index in [1.807, 2.05) is 46.1 Å². The van der Waals surface area contributed by atoms with Crippen LogP contribution in [0.15, 0.2) is 47.4 Å². The number of aromatic nitrogens is 4. The van der Waals surface area contributed by atoms with Gasteiger partial charge in [-0.3, -0.25) is 4.79 Å². The highest BCUT2D eigenvalue weighted by Gasteiger charge is 2.23. The summed E-state index contributed by atoms with van der Waals surface area (Å²) in [6, 6.07) is 7.57. The summed E-state index contributed by atoms with van der Waals surface area (Å²) in [5.41, 5.74) is 0.775. The molecule has 1 aliphatic rings. The maximum absolute atomic E-state index is 12.4. The van der Waals surface area contributed by atoms with Gasteiger partial charge in [-0.2, -0.15) is 16.4 Å². The monoisotopic (exact) mass is 340 g/mol. The minimum Gasteiger partial charge on any atom is -0.352 e. The molecule has 4 rings (SSSR count). The van der Waals surface area contributed by atoms with Crippen LogP contribution in [0.2, 0.25) is 0 Å². The SMILES string of the molecule is O=C(c1ccsc1)N1CCN(c2ccc(-n3cccn3)nn2)CC1. The molecular weight excluding hydrogens is 324 g/mol. The average Bonchev–Trinajstić information content (AvgIpc) is 3.35. The zero-order valence-electron chi connectivity index (χ0n) is 12.9. The van der Waals surface area contributed by atoms with Crippen molar-refractivity contribution in [1.82, 2.24) is 24.9 Å². The zero-order valence-corrected chi connectivity index (χ0v) is 13.8. The quantitative estimate of drug-likeness (QED) is 0.726. The first kappa shape index (κ1) is 14.8. The summed E-state index contributed by atoms with van der Waals surface area (Å²) in [7, 11) is 0. The van der Waals surface area contributed by atoms with E-state index in [0.29, 0.717) is 18.9 Å². The lowest BCUT2D eigenvalue weighted by molar-refractivity contribution is 0.0747. The third-order valence-corrected chi connectivity index (χ3v) is 4.72. The van der Waals surface area contributed by atoms with E-state index in [0.717, 1.165) is 24.5 Å². The van der Waals surface area contributed by atoms with Gasteiger partial charge in [0.25, 0.3) is 5.91 Å². The molecule has 1 saturated heterocycles. The van der Waals surface area contributed by atoms with Gasteiger partial charge in [-0.15, -0.1) is 10.2 Å². The number of anilines is 1. The fraction of sp³-hybridized carbons (Fsp3) is 0.250. The second-order valence-corrected chi connectivity index (χ2v) is 6.27. The van der Waals surface area contributed by atoms with Crippen LogP contribution in [-0.4, -0.2) is 57.0 Å². The Balaban J connectivity index is 1.40. The van der Waals surface area contributed by atoms with E-state index < -0.39 is 0 Å². The molecule has 0 radical (unpaired) electrons. The highest BCUT2D eigenvalue weighted by Crippen LogP contribution is 2.16. The minimum absolute atomic E-state index is 0.107. The van der Waals surface area contributed by atoms with Gasteiger partial charge >= 0.3 is 0 Å². The predicted octanol–water partition coefficient (Wildman–Crippen LogP) is 1.69. The molecule has 0 atom stereocenters. The van der Waals surface area contributed by atoms with Gasteiger partial charge in [0.1, 0.15) is 0 Å². The molecule has 24 heavy (non-hydrogen) atoms. The van der Waals surface area contributed by atoms with Gasteiger partial charge in [-0.05, 0) is 29.6 Å². The lowest BCUT2D eigenvalue weighted by Crippen LogP contribution is -2.49. The Hall–Kier alpha value is -2.74. The van der Waals surface area contributed by atoms with Crippen LogP contribution >= 0.6 is 11.3 Å². The van der Waals surface area contributed by atoms with Gasteiger partial charge in [0.05, 0.1) is 5.56 Å². The molecule has 7 nitrogen and oxygen atoms in total. The van der Waals surface area contributed by atoms with Crippen LogP contribution in [0.5, 0.6) is 0 Å². The molecule has 0 N–H and O–H groups in total. The van der Waals surface area contributed by atoms with E-state index >= 15 is 0 Å². The van der Waals surface area contributed by atoms with Crippen LogP contribution in [0, 0.1) is 0 Å². The molecule has 0 unspecified atom stereocenters. The van der Waals surface area contributed by atoms with Crippen molar-refractivity contribution in [1.29, 1.82) is 0 Å². The average molecular weight is 340 g/mol. The van der Waals surface area contributed by atoms with Crippen LogP contribution in [-0.2, 0) is 0 Å². The third-order valence-electron chi connectivity index (χ3n) is 4.03. The van der Waals surface area contributed by atoms with Crippen LogP contribution in [0.25, 0.3) is 5.82 Å². The van der Waals surface area contributed by atoms with Gasteiger partial charge in [-0.1, -0.05) is 0 Å². The Morgan fingerprint density at radius 2 is 1.83 bits per heavy atom.